The molecule has 0 aromatic heterocycles. The Morgan fingerprint density at radius 2 is 1.41 bits per heavy atom. The first-order chi connectivity index (χ1) is 8.14. The average Bonchev–Trinajstić information content (AvgIpc) is 2.40. The highest BCUT2D eigenvalue weighted by atomic mass is 31.0. The summed E-state index contributed by atoms with van der Waals surface area (Å²) in [6.07, 6.45) is 0. The number of hydrogen-bond acceptors (Lipinski definition) is 2. The number of benzene rings is 2. The minimum atomic E-state index is -0.547. The molecule has 4 N–H and O–H groups in total. The van der Waals surface area contributed by atoms with Crippen LogP contribution in [0.4, 0.5) is 0 Å². The fourth-order valence-corrected chi connectivity index (χ4v) is 2.18. The first-order valence-corrected chi connectivity index (χ1v) is 6.15. The molecule has 3 heteroatoms. The van der Waals surface area contributed by atoms with Crippen molar-refractivity contribution in [3.8, 4) is 0 Å². The van der Waals surface area contributed by atoms with Gasteiger partial charge in [-0.2, -0.15) is 0 Å². The molecule has 0 aliphatic carbocycles. The molecule has 2 nitrogen and oxygen atoms in total. The van der Waals surface area contributed by atoms with Gasteiger partial charge in [-0.05, 0) is 16.7 Å². The minimum absolute atomic E-state index is 0.547. The third-order valence-electron chi connectivity index (χ3n) is 2.92. The van der Waals surface area contributed by atoms with Gasteiger partial charge >= 0.3 is 0 Å². The van der Waals surface area contributed by atoms with Crippen molar-refractivity contribution in [1.82, 2.24) is 0 Å². The molecule has 88 valence electrons. The summed E-state index contributed by atoms with van der Waals surface area (Å²) < 4.78 is 0. The second-order valence-corrected chi connectivity index (χ2v) is 5.05. The Hall–Kier alpha value is -1.21. The smallest absolute Gasteiger partial charge is 0.0804 e. The second-order valence-electron chi connectivity index (χ2n) is 4.14. The third-order valence-corrected chi connectivity index (χ3v) is 3.59. The number of rotatable bonds is 3. The van der Waals surface area contributed by atoms with Crippen LogP contribution in [0.3, 0.4) is 0 Å². The van der Waals surface area contributed by atoms with Crippen LogP contribution in [-0.2, 0) is 11.8 Å². The Kier molecular flexibility index (Phi) is 3.58. The predicted octanol–water partition coefficient (Wildman–Crippen LogP) is 2.18. The fourth-order valence-electron chi connectivity index (χ4n) is 1.80. The minimum Gasteiger partial charge on any atom is -0.326 e. The summed E-state index contributed by atoms with van der Waals surface area (Å²) >= 11 is 0. The van der Waals surface area contributed by atoms with Crippen LogP contribution in [0, 0.1) is 0 Å². The van der Waals surface area contributed by atoms with E-state index < -0.39 is 5.28 Å². The maximum Gasteiger partial charge on any atom is 0.0804 e. The van der Waals surface area contributed by atoms with Crippen molar-refractivity contribution >= 4 is 9.24 Å². The van der Waals surface area contributed by atoms with Crippen molar-refractivity contribution in [3.05, 3.63) is 71.3 Å². The van der Waals surface area contributed by atoms with E-state index in [1.165, 1.54) is 0 Å². The normalized spacial score (nSPS) is 14.3. The summed E-state index contributed by atoms with van der Waals surface area (Å²) in [5.74, 6) is 0. The van der Waals surface area contributed by atoms with Gasteiger partial charge < -0.3 is 11.5 Å². The molecule has 2 aromatic carbocycles. The second kappa shape index (κ2) is 4.97. The monoisotopic (exact) mass is 244 g/mol. The Morgan fingerprint density at radius 3 is 1.94 bits per heavy atom. The van der Waals surface area contributed by atoms with Gasteiger partial charge in [0.1, 0.15) is 0 Å². The van der Waals surface area contributed by atoms with Crippen LogP contribution in [0.5, 0.6) is 0 Å². The lowest BCUT2D eigenvalue weighted by Crippen LogP contribution is -2.30. The molecule has 0 fully saturated rings. The van der Waals surface area contributed by atoms with E-state index in [1.54, 1.807) is 0 Å². The van der Waals surface area contributed by atoms with Crippen LogP contribution in [-0.4, -0.2) is 0 Å². The molecule has 2 unspecified atom stereocenters. The van der Waals surface area contributed by atoms with E-state index in [1.807, 2.05) is 54.6 Å². The molecule has 17 heavy (non-hydrogen) atoms. The highest BCUT2D eigenvalue weighted by Gasteiger charge is 2.23. The van der Waals surface area contributed by atoms with Gasteiger partial charge in [0.15, 0.2) is 0 Å². The fraction of sp³-hybridized carbons (Fsp3) is 0.143. The van der Waals surface area contributed by atoms with E-state index >= 15 is 0 Å². The lowest BCUT2D eigenvalue weighted by molar-refractivity contribution is 0.790. The quantitative estimate of drug-likeness (QED) is 0.813. The predicted molar refractivity (Wildman–Crippen MR) is 75.5 cm³/mol. The van der Waals surface area contributed by atoms with Crippen molar-refractivity contribution in [3.63, 3.8) is 0 Å². The molecule has 0 heterocycles. The molecule has 0 saturated heterocycles. The maximum atomic E-state index is 6.38. The van der Waals surface area contributed by atoms with Gasteiger partial charge in [0.2, 0.25) is 0 Å². The summed E-state index contributed by atoms with van der Waals surface area (Å²) in [5, 5.41) is -0.547. The van der Waals surface area contributed by atoms with Crippen LogP contribution in [0.2, 0.25) is 0 Å². The van der Waals surface area contributed by atoms with E-state index in [0.29, 0.717) is 6.54 Å². The highest BCUT2D eigenvalue weighted by molar-refractivity contribution is 7.18. The van der Waals surface area contributed by atoms with Crippen LogP contribution < -0.4 is 11.5 Å². The SMILES string of the molecule is NCc1ccc(C(N)(P)c2ccccc2)cc1. The lowest BCUT2D eigenvalue weighted by atomic mass is 9.97. The van der Waals surface area contributed by atoms with Gasteiger partial charge in [-0.3, -0.25) is 0 Å². The maximum absolute atomic E-state index is 6.38. The molecule has 2 rings (SSSR count). The van der Waals surface area contributed by atoms with E-state index in [-0.39, 0.29) is 0 Å². The molecular weight excluding hydrogens is 227 g/mol. The lowest BCUT2D eigenvalue weighted by Gasteiger charge is -2.25. The third kappa shape index (κ3) is 2.55. The van der Waals surface area contributed by atoms with Crippen LogP contribution in [0.15, 0.2) is 54.6 Å². The zero-order chi connectivity index (χ0) is 12.3. The zero-order valence-corrected chi connectivity index (χ0v) is 10.8. The molecular formula is C14H17N2P. The molecule has 0 spiro atoms. The first-order valence-electron chi connectivity index (χ1n) is 5.57. The Balaban J connectivity index is 2.37. The van der Waals surface area contributed by atoms with Crippen molar-refractivity contribution in [2.45, 2.75) is 11.8 Å². The Bertz CT molecular complexity index is 477. The van der Waals surface area contributed by atoms with E-state index in [9.17, 15) is 0 Å². The molecule has 2 aromatic rings. The molecule has 0 bridgehead atoms. The standard InChI is InChI=1S/C14H17N2P/c15-10-11-6-8-13(9-7-11)14(16,17)12-4-2-1-3-5-12/h1-9H,10,15-17H2. The summed E-state index contributed by atoms with van der Waals surface area (Å²) in [6.45, 7) is 0.556. The van der Waals surface area contributed by atoms with Crippen molar-refractivity contribution in [1.29, 1.82) is 0 Å². The Morgan fingerprint density at radius 1 is 0.882 bits per heavy atom. The van der Waals surface area contributed by atoms with Gasteiger partial charge in [0.25, 0.3) is 0 Å². The van der Waals surface area contributed by atoms with Gasteiger partial charge in [-0.15, -0.1) is 9.24 Å². The number of nitrogens with two attached hydrogens (primary N) is 2. The van der Waals surface area contributed by atoms with E-state index in [2.05, 4.69) is 9.24 Å². The largest absolute Gasteiger partial charge is 0.326 e. The van der Waals surface area contributed by atoms with Crippen LogP contribution in [0.1, 0.15) is 16.7 Å². The van der Waals surface area contributed by atoms with Gasteiger partial charge in [0.05, 0.1) is 5.28 Å². The summed E-state index contributed by atoms with van der Waals surface area (Å²) in [6, 6.07) is 18.1. The zero-order valence-electron chi connectivity index (χ0n) is 9.64. The topological polar surface area (TPSA) is 52.0 Å². The molecule has 0 aliphatic rings. The molecule has 0 saturated carbocycles. The van der Waals surface area contributed by atoms with Gasteiger partial charge in [0, 0.05) is 6.54 Å². The molecule has 0 aliphatic heterocycles. The molecule has 0 radical (unpaired) electrons. The number of hydrogen-bond donors (Lipinski definition) is 2. The first kappa shape index (κ1) is 12.3. The van der Waals surface area contributed by atoms with E-state index in [4.69, 9.17) is 11.5 Å². The van der Waals surface area contributed by atoms with Crippen molar-refractivity contribution in [2.75, 3.05) is 0 Å². The van der Waals surface area contributed by atoms with Gasteiger partial charge in [-0.1, -0.05) is 54.6 Å². The van der Waals surface area contributed by atoms with E-state index in [0.717, 1.165) is 16.7 Å². The Labute approximate surface area is 104 Å². The van der Waals surface area contributed by atoms with Crippen molar-refractivity contribution < 1.29 is 0 Å². The molecule has 0 amide bonds. The van der Waals surface area contributed by atoms with Crippen molar-refractivity contribution in [2.24, 2.45) is 11.5 Å². The summed E-state index contributed by atoms with van der Waals surface area (Å²) in [4.78, 5) is 0. The summed E-state index contributed by atoms with van der Waals surface area (Å²) in [5.41, 5.74) is 15.2. The van der Waals surface area contributed by atoms with Crippen LogP contribution >= 0.6 is 9.24 Å². The van der Waals surface area contributed by atoms with Gasteiger partial charge in [-0.25, -0.2) is 0 Å². The average molecular weight is 244 g/mol. The molecule has 2 atom stereocenters. The van der Waals surface area contributed by atoms with Crippen LogP contribution in [0.25, 0.3) is 0 Å². The summed E-state index contributed by atoms with van der Waals surface area (Å²) in [7, 11) is 2.72. The highest BCUT2D eigenvalue weighted by Crippen LogP contribution is 2.33.